The van der Waals surface area contributed by atoms with Crippen molar-refractivity contribution in [2.45, 2.75) is 0 Å². The highest BCUT2D eigenvalue weighted by atomic mass is 16.3. The van der Waals surface area contributed by atoms with Crippen LogP contribution in [0.15, 0.2) is 223 Å². The van der Waals surface area contributed by atoms with E-state index in [9.17, 15) is 0 Å². The molecule has 0 spiro atoms. The van der Waals surface area contributed by atoms with Gasteiger partial charge in [0.25, 0.3) is 0 Å². The van der Waals surface area contributed by atoms with E-state index in [0.717, 1.165) is 61.4 Å². The fourth-order valence-electron chi connectivity index (χ4n) is 9.32. The molecule has 0 aliphatic rings. The Morgan fingerprint density at radius 2 is 0.932 bits per heavy atom. The maximum Gasteiger partial charge on any atom is 0.136 e. The van der Waals surface area contributed by atoms with Gasteiger partial charge in [-0.3, -0.25) is 0 Å². The third-order valence-electron chi connectivity index (χ3n) is 12.0. The summed E-state index contributed by atoms with van der Waals surface area (Å²) in [4.78, 5) is 2.44. The number of hydrogen-bond donors (Lipinski definition) is 0. The summed E-state index contributed by atoms with van der Waals surface area (Å²) in [5, 5.41) is 9.62. The van der Waals surface area contributed by atoms with E-state index >= 15 is 0 Å². The molecule has 0 amide bonds. The second-order valence-electron chi connectivity index (χ2n) is 15.3. The molecule has 3 nitrogen and oxygen atoms in total. The summed E-state index contributed by atoms with van der Waals surface area (Å²) in [6, 6.07) is 78.8. The van der Waals surface area contributed by atoms with Gasteiger partial charge in [0.05, 0.1) is 28.1 Å². The first-order valence-electron chi connectivity index (χ1n) is 20.2. The first kappa shape index (κ1) is 33.3. The maximum absolute atomic E-state index is 6.41. The molecule has 0 N–H and O–H groups in total. The van der Waals surface area contributed by atoms with E-state index < -0.39 is 0 Å². The van der Waals surface area contributed by atoms with Crippen molar-refractivity contribution in [3.8, 4) is 27.9 Å². The summed E-state index contributed by atoms with van der Waals surface area (Å²) in [5.74, 6) is 0. The molecule has 0 unspecified atom stereocenters. The van der Waals surface area contributed by atoms with Gasteiger partial charge >= 0.3 is 0 Å². The Kier molecular flexibility index (Phi) is 7.54. The third kappa shape index (κ3) is 5.29. The molecule has 0 fully saturated rings. The van der Waals surface area contributed by atoms with Crippen LogP contribution in [-0.4, -0.2) is 4.57 Å². The van der Waals surface area contributed by atoms with Crippen molar-refractivity contribution in [3.05, 3.63) is 218 Å². The predicted molar refractivity (Wildman–Crippen MR) is 249 cm³/mol. The fraction of sp³-hybridized carbons (Fsp3) is 0. The van der Waals surface area contributed by atoms with E-state index in [1.165, 1.54) is 48.9 Å². The van der Waals surface area contributed by atoms with Crippen LogP contribution < -0.4 is 4.90 Å². The lowest BCUT2D eigenvalue weighted by Crippen LogP contribution is -2.12. The number of fused-ring (bicyclic) bond motifs is 9. The number of benzene rings is 10. The van der Waals surface area contributed by atoms with Crippen molar-refractivity contribution in [3.63, 3.8) is 0 Å². The van der Waals surface area contributed by atoms with E-state index in [1.54, 1.807) is 0 Å². The Bertz CT molecular complexity index is 3520. The molecule has 0 aliphatic heterocycles. The van der Waals surface area contributed by atoms with Gasteiger partial charge in [-0.05, 0) is 87.9 Å². The van der Waals surface area contributed by atoms with Crippen LogP contribution in [0.4, 0.5) is 17.1 Å². The van der Waals surface area contributed by atoms with Crippen LogP contribution in [0.5, 0.6) is 0 Å². The zero-order valence-corrected chi connectivity index (χ0v) is 32.1. The Morgan fingerprint density at radius 1 is 0.356 bits per heavy atom. The molecule has 0 radical (unpaired) electrons. The van der Waals surface area contributed by atoms with Gasteiger partial charge in [0, 0.05) is 43.7 Å². The van der Waals surface area contributed by atoms with E-state index in [1.807, 2.05) is 12.1 Å². The Labute approximate surface area is 341 Å². The van der Waals surface area contributed by atoms with E-state index in [0.29, 0.717) is 0 Å². The maximum atomic E-state index is 6.41. The molecular formula is C56H36N2O. The topological polar surface area (TPSA) is 21.3 Å². The molecule has 12 aromatic rings. The molecular weight excluding hydrogens is 717 g/mol. The average Bonchev–Trinajstić information content (AvgIpc) is 3.85. The average molecular weight is 753 g/mol. The minimum absolute atomic E-state index is 0.882. The van der Waals surface area contributed by atoms with Crippen LogP contribution in [0.1, 0.15) is 0 Å². The monoisotopic (exact) mass is 752 g/mol. The second-order valence-corrected chi connectivity index (χ2v) is 15.3. The number of aromatic nitrogens is 1. The van der Waals surface area contributed by atoms with Crippen LogP contribution in [0.25, 0.3) is 93.2 Å². The number of hydrogen-bond acceptors (Lipinski definition) is 2. The number of para-hydroxylation sites is 5. The zero-order valence-electron chi connectivity index (χ0n) is 32.1. The van der Waals surface area contributed by atoms with E-state index in [-0.39, 0.29) is 0 Å². The highest BCUT2D eigenvalue weighted by Crippen LogP contribution is 2.46. The van der Waals surface area contributed by atoms with Crippen LogP contribution in [0, 0.1) is 0 Å². The minimum atomic E-state index is 0.882. The van der Waals surface area contributed by atoms with Crippen LogP contribution >= 0.6 is 0 Å². The minimum Gasteiger partial charge on any atom is -0.456 e. The van der Waals surface area contributed by atoms with Crippen molar-refractivity contribution in [2.75, 3.05) is 4.90 Å². The Morgan fingerprint density at radius 3 is 1.75 bits per heavy atom. The van der Waals surface area contributed by atoms with Gasteiger partial charge in [-0.1, -0.05) is 158 Å². The molecule has 0 saturated carbocycles. The standard InChI is InChI=1S/C56H36N2O/c1-2-18-44-37(14-1)28-29-39-15-13-26-53(56(39)44)57(49-22-8-4-17-43(49)40-32-35-48-47-21-7-12-27-54(47)59-55(48)36-40)41-33-30-38(31-34-41)42-16-3-9-23-50(42)58-51-24-10-5-19-45(51)46-20-6-11-25-52(46)58/h1-36H. The van der Waals surface area contributed by atoms with Crippen LogP contribution in [0.3, 0.4) is 0 Å². The first-order valence-corrected chi connectivity index (χ1v) is 20.2. The molecule has 0 atom stereocenters. The first-order chi connectivity index (χ1) is 29.3. The normalized spacial score (nSPS) is 11.7. The highest BCUT2D eigenvalue weighted by molar-refractivity contribution is 6.16. The van der Waals surface area contributed by atoms with Crippen LogP contribution in [-0.2, 0) is 0 Å². The van der Waals surface area contributed by atoms with Gasteiger partial charge in [0.1, 0.15) is 11.2 Å². The summed E-state index contributed by atoms with van der Waals surface area (Å²) in [7, 11) is 0. The molecule has 59 heavy (non-hydrogen) atoms. The van der Waals surface area contributed by atoms with Gasteiger partial charge in [0.2, 0.25) is 0 Å². The van der Waals surface area contributed by atoms with Crippen molar-refractivity contribution >= 4 is 82.4 Å². The van der Waals surface area contributed by atoms with Crippen molar-refractivity contribution in [1.29, 1.82) is 0 Å². The molecule has 2 aromatic heterocycles. The summed E-state index contributed by atoms with van der Waals surface area (Å²) < 4.78 is 8.83. The van der Waals surface area contributed by atoms with Gasteiger partial charge in [-0.2, -0.15) is 0 Å². The fourth-order valence-corrected chi connectivity index (χ4v) is 9.32. The quantitative estimate of drug-likeness (QED) is 0.158. The molecule has 12 rings (SSSR count). The molecule has 2 heterocycles. The number of rotatable bonds is 6. The lowest BCUT2D eigenvalue weighted by molar-refractivity contribution is 0.669. The lowest BCUT2D eigenvalue weighted by Gasteiger charge is -2.29. The summed E-state index contributed by atoms with van der Waals surface area (Å²) in [6.07, 6.45) is 0. The number of furan rings is 1. The largest absolute Gasteiger partial charge is 0.456 e. The van der Waals surface area contributed by atoms with Gasteiger partial charge in [-0.25, -0.2) is 0 Å². The van der Waals surface area contributed by atoms with Crippen molar-refractivity contribution in [1.82, 2.24) is 4.57 Å². The summed E-state index contributed by atoms with van der Waals surface area (Å²) in [5.41, 5.74) is 13.1. The second kappa shape index (κ2) is 13.4. The summed E-state index contributed by atoms with van der Waals surface area (Å²) in [6.45, 7) is 0. The highest BCUT2D eigenvalue weighted by Gasteiger charge is 2.22. The van der Waals surface area contributed by atoms with Crippen LogP contribution in [0.2, 0.25) is 0 Å². The van der Waals surface area contributed by atoms with Crippen molar-refractivity contribution in [2.24, 2.45) is 0 Å². The molecule has 0 bridgehead atoms. The van der Waals surface area contributed by atoms with Crippen molar-refractivity contribution < 1.29 is 4.42 Å². The van der Waals surface area contributed by atoms with Gasteiger partial charge < -0.3 is 13.9 Å². The predicted octanol–water partition coefficient (Wildman–Crippen LogP) is 15.8. The third-order valence-corrected chi connectivity index (χ3v) is 12.0. The smallest absolute Gasteiger partial charge is 0.136 e. The lowest BCUT2D eigenvalue weighted by atomic mass is 9.97. The zero-order chi connectivity index (χ0) is 38.9. The van der Waals surface area contributed by atoms with E-state index in [2.05, 4.69) is 216 Å². The molecule has 0 saturated heterocycles. The summed E-state index contributed by atoms with van der Waals surface area (Å²) >= 11 is 0. The van der Waals surface area contributed by atoms with E-state index in [4.69, 9.17) is 4.42 Å². The number of anilines is 3. The molecule has 3 heteroatoms. The van der Waals surface area contributed by atoms with Gasteiger partial charge in [0.15, 0.2) is 0 Å². The molecule has 276 valence electrons. The SMILES string of the molecule is c1ccc(N(c2ccc(-c3ccccc3-n3c4ccccc4c4ccccc43)cc2)c2cccc3ccc4ccccc4c23)c(-c2ccc3c(c2)oc2ccccc23)c1. The van der Waals surface area contributed by atoms with Gasteiger partial charge in [-0.15, -0.1) is 0 Å². The molecule has 10 aromatic carbocycles. The Hall–Kier alpha value is -7.88. The Balaban J connectivity index is 1.06. The molecule has 0 aliphatic carbocycles. The number of nitrogens with zero attached hydrogens (tertiary/aromatic N) is 2.